The van der Waals surface area contributed by atoms with E-state index in [2.05, 4.69) is 15.7 Å². The van der Waals surface area contributed by atoms with Gasteiger partial charge >= 0.3 is 0 Å². The summed E-state index contributed by atoms with van der Waals surface area (Å²) in [7, 11) is 1.92. The Kier molecular flexibility index (Phi) is 3.47. The van der Waals surface area contributed by atoms with Gasteiger partial charge in [-0.2, -0.15) is 5.10 Å². The van der Waals surface area contributed by atoms with Crippen molar-refractivity contribution in [1.82, 2.24) is 20.4 Å². The molecule has 0 spiro atoms. The molecule has 0 bridgehead atoms. The molecule has 1 aromatic heterocycles. The van der Waals surface area contributed by atoms with Crippen molar-refractivity contribution >= 4 is 5.91 Å². The molecule has 1 saturated heterocycles. The van der Waals surface area contributed by atoms with Gasteiger partial charge < -0.3 is 10.6 Å². The Hall–Kier alpha value is -1.36. The van der Waals surface area contributed by atoms with Crippen LogP contribution in [-0.4, -0.2) is 28.3 Å². The van der Waals surface area contributed by atoms with Crippen LogP contribution in [0.2, 0.25) is 0 Å². The largest absolute Gasteiger partial charge is 0.351 e. The summed E-state index contributed by atoms with van der Waals surface area (Å²) in [6.45, 7) is 5.52. The van der Waals surface area contributed by atoms with E-state index in [9.17, 15) is 4.79 Å². The van der Waals surface area contributed by atoms with E-state index in [1.807, 2.05) is 25.6 Å². The van der Waals surface area contributed by atoms with Gasteiger partial charge in [0.05, 0.1) is 11.7 Å². The maximum absolute atomic E-state index is 11.8. The van der Waals surface area contributed by atoms with E-state index in [-0.39, 0.29) is 11.9 Å². The predicted octanol–water partition coefficient (Wildman–Crippen LogP) is 0.405. The number of aromatic nitrogens is 2. The van der Waals surface area contributed by atoms with Crippen molar-refractivity contribution in [3.05, 3.63) is 17.0 Å². The van der Waals surface area contributed by atoms with Gasteiger partial charge in [0.25, 0.3) is 0 Å². The first kappa shape index (κ1) is 12.1. The second-order valence-electron chi connectivity index (χ2n) is 4.64. The quantitative estimate of drug-likeness (QED) is 0.799. The number of carbonyl (C=O) groups is 1. The topological polar surface area (TPSA) is 59.0 Å². The van der Waals surface area contributed by atoms with Crippen molar-refractivity contribution in [1.29, 1.82) is 0 Å². The molecule has 1 aliphatic heterocycles. The summed E-state index contributed by atoms with van der Waals surface area (Å²) in [6.07, 6.45) is 2.03. The summed E-state index contributed by atoms with van der Waals surface area (Å²) in [5, 5.41) is 10.5. The highest BCUT2D eigenvalue weighted by molar-refractivity contribution is 5.82. The minimum absolute atomic E-state index is 0.00714. The second-order valence-corrected chi connectivity index (χ2v) is 4.64. The number of aryl methyl sites for hydroxylation is 2. The molecule has 1 fully saturated rings. The third kappa shape index (κ3) is 2.49. The molecule has 0 saturated carbocycles. The minimum Gasteiger partial charge on any atom is -0.351 e. The molecule has 1 amide bonds. The van der Waals surface area contributed by atoms with Crippen molar-refractivity contribution in [3.8, 4) is 0 Å². The van der Waals surface area contributed by atoms with E-state index in [0.717, 1.165) is 36.3 Å². The fourth-order valence-electron chi connectivity index (χ4n) is 2.28. The summed E-state index contributed by atoms with van der Waals surface area (Å²) in [6, 6.07) is -0.00714. The molecule has 0 aliphatic carbocycles. The lowest BCUT2D eigenvalue weighted by molar-refractivity contribution is -0.122. The lowest BCUT2D eigenvalue weighted by atomic mass is 10.2. The Balaban J connectivity index is 1.95. The zero-order valence-corrected chi connectivity index (χ0v) is 10.7. The molecule has 5 nitrogen and oxygen atoms in total. The average Bonchev–Trinajstić information content (AvgIpc) is 2.88. The number of carbonyl (C=O) groups excluding carboxylic acids is 1. The van der Waals surface area contributed by atoms with Gasteiger partial charge in [0.2, 0.25) is 5.91 Å². The molecule has 0 aromatic carbocycles. The van der Waals surface area contributed by atoms with Crippen LogP contribution in [-0.2, 0) is 18.4 Å². The van der Waals surface area contributed by atoms with Crippen molar-refractivity contribution in [2.45, 2.75) is 39.3 Å². The second kappa shape index (κ2) is 4.87. The highest BCUT2D eigenvalue weighted by atomic mass is 16.2. The summed E-state index contributed by atoms with van der Waals surface area (Å²) in [4.78, 5) is 11.8. The first-order valence-corrected chi connectivity index (χ1v) is 6.09. The number of rotatable bonds is 3. The molecule has 0 unspecified atom stereocenters. The molecular weight excluding hydrogens is 216 g/mol. The molecule has 2 N–H and O–H groups in total. The maximum Gasteiger partial charge on any atom is 0.237 e. The first-order valence-electron chi connectivity index (χ1n) is 6.09. The Morgan fingerprint density at radius 3 is 2.88 bits per heavy atom. The van der Waals surface area contributed by atoms with Crippen molar-refractivity contribution in [2.24, 2.45) is 7.05 Å². The van der Waals surface area contributed by atoms with E-state index in [1.54, 1.807) is 0 Å². The van der Waals surface area contributed by atoms with Crippen LogP contribution in [0.3, 0.4) is 0 Å². The minimum atomic E-state index is -0.00714. The van der Waals surface area contributed by atoms with E-state index in [1.165, 1.54) is 0 Å². The van der Waals surface area contributed by atoms with Crippen LogP contribution in [0.4, 0.5) is 0 Å². The van der Waals surface area contributed by atoms with Gasteiger partial charge in [0, 0.05) is 24.8 Å². The zero-order valence-electron chi connectivity index (χ0n) is 10.7. The van der Waals surface area contributed by atoms with Crippen LogP contribution in [0.1, 0.15) is 29.8 Å². The van der Waals surface area contributed by atoms with Gasteiger partial charge in [-0.25, -0.2) is 0 Å². The summed E-state index contributed by atoms with van der Waals surface area (Å²) < 4.78 is 1.85. The lowest BCUT2D eigenvalue weighted by Gasteiger charge is -2.11. The van der Waals surface area contributed by atoms with Gasteiger partial charge in [-0.1, -0.05) is 0 Å². The van der Waals surface area contributed by atoms with Gasteiger partial charge in [-0.05, 0) is 33.2 Å². The predicted molar refractivity (Wildman–Crippen MR) is 65.6 cm³/mol. The molecule has 5 heteroatoms. The Labute approximate surface area is 102 Å². The average molecular weight is 236 g/mol. The molecule has 17 heavy (non-hydrogen) atoms. The molecule has 94 valence electrons. The molecular formula is C12H20N4O. The Morgan fingerprint density at radius 1 is 1.59 bits per heavy atom. The lowest BCUT2D eigenvalue weighted by Crippen LogP contribution is -2.40. The fourth-order valence-corrected chi connectivity index (χ4v) is 2.28. The molecule has 2 rings (SSSR count). The van der Waals surface area contributed by atoms with Crippen LogP contribution < -0.4 is 10.6 Å². The maximum atomic E-state index is 11.8. The zero-order chi connectivity index (χ0) is 12.4. The van der Waals surface area contributed by atoms with Crippen LogP contribution in [0.25, 0.3) is 0 Å². The van der Waals surface area contributed by atoms with E-state index in [4.69, 9.17) is 0 Å². The number of hydrogen-bond donors (Lipinski definition) is 2. The SMILES string of the molecule is Cc1nn(C)c(C)c1CNC(=O)[C@@H]1CCCN1. The Bertz CT molecular complexity index is 418. The standard InChI is InChI=1S/C12H20N4O/c1-8-10(9(2)16(3)15-8)7-14-12(17)11-5-4-6-13-11/h11,13H,4-7H2,1-3H3,(H,14,17)/t11-/m0/s1. The Morgan fingerprint density at radius 2 is 2.35 bits per heavy atom. The molecule has 0 radical (unpaired) electrons. The van der Waals surface area contributed by atoms with Gasteiger partial charge in [-0.3, -0.25) is 9.48 Å². The number of nitrogens with zero attached hydrogens (tertiary/aromatic N) is 2. The fraction of sp³-hybridized carbons (Fsp3) is 0.667. The molecule has 1 aliphatic rings. The van der Waals surface area contributed by atoms with Gasteiger partial charge in [0.1, 0.15) is 0 Å². The smallest absolute Gasteiger partial charge is 0.237 e. The normalized spacial score (nSPS) is 19.6. The molecule has 1 aromatic rings. The van der Waals surface area contributed by atoms with Crippen molar-refractivity contribution < 1.29 is 4.79 Å². The number of hydrogen-bond acceptors (Lipinski definition) is 3. The summed E-state index contributed by atoms with van der Waals surface area (Å²) in [5.41, 5.74) is 3.23. The van der Waals surface area contributed by atoms with Crippen LogP contribution in [0, 0.1) is 13.8 Å². The van der Waals surface area contributed by atoms with E-state index >= 15 is 0 Å². The third-order valence-corrected chi connectivity index (χ3v) is 3.48. The van der Waals surface area contributed by atoms with Crippen molar-refractivity contribution in [3.63, 3.8) is 0 Å². The highest BCUT2D eigenvalue weighted by Crippen LogP contribution is 2.12. The third-order valence-electron chi connectivity index (χ3n) is 3.48. The first-order chi connectivity index (χ1) is 8.09. The van der Waals surface area contributed by atoms with Gasteiger partial charge in [0.15, 0.2) is 0 Å². The number of amides is 1. The monoisotopic (exact) mass is 236 g/mol. The molecule has 2 heterocycles. The highest BCUT2D eigenvalue weighted by Gasteiger charge is 2.22. The van der Waals surface area contributed by atoms with E-state index < -0.39 is 0 Å². The number of nitrogens with one attached hydrogen (secondary N) is 2. The van der Waals surface area contributed by atoms with Gasteiger partial charge in [-0.15, -0.1) is 0 Å². The van der Waals surface area contributed by atoms with Crippen LogP contribution >= 0.6 is 0 Å². The van der Waals surface area contributed by atoms with Crippen molar-refractivity contribution in [2.75, 3.05) is 6.54 Å². The summed E-state index contributed by atoms with van der Waals surface area (Å²) >= 11 is 0. The summed E-state index contributed by atoms with van der Waals surface area (Å²) in [5.74, 6) is 0.102. The van der Waals surface area contributed by atoms with E-state index in [0.29, 0.717) is 6.54 Å². The molecule has 1 atom stereocenters. The van der Waals surface area contributed by atoms with Crippen LogP contribution in [0.15, 0.2) is 0 Å². The van der Waals surface area contributed by atoms with Crippen LogP contribution in [0.5, 0.6) is 0 Å².